The van der Waals surface area contributed by atoms with Crippen molar-refractivity contribution in [3.8, 4) is 0 Å². The predicted molar refractivity (Wildman–Crippen MR) is 88.5 cm³/mol. The Morgan fingerprint density at radius 3 is 2.64 bits per heavy atom. The molecule has 0 spiro atoms. The molecule has 1 amide bonds. The Labute approximate surface area is 129 Å². The second-order valence-electron chi connectivity index (χ2n) is 5.68. The Balaban J connectivity index is 2.04. The number of pyridine rings is 1. The third kappa shape index (κ3) is 2.37. The highest BCUT2D eigenvalue weighted by atomic mass is 16.2. The number of carbonyl (C=O) groups excluding carboxylic acids is 1. The summed E-state index contributed by atoms with van der Waals surface area (Å²) in [5, 5.41) is 3.01. The molecule has 1 N–H and O–H groups in total. The van der Waals surface area contributed by atoms with Gasteiger partial charge in [-0.25, -0.2) is 4.98 Å². The van der Waals surface area contributed by atoms with Crippen molar-refractivity contribution in [2.45, 2.75) is 27.7 Å². The molecule has 3 rings (SSSR count). The average Bonchev–Trinajstić information content (AvgIpc) is 2.79. The summed E-state index contributed by atoms with van der Waals surface area (Å²) in [4.78, 5) is 17.2. The number of rotatable bonds is 2. The number of amides is 1. The molecular weight excluding hydrogens is 274 g/mol. The lowest BCUT2D eigenvalue weighted by Gasteiger charge is -2.10. The first kappa shape index (κ1) is 14.3. The third-order valence-electron chi connectivity index (χ3n) is 4.01. The molecule has 0 saturated carbocycles. The zero-order chi connectivity index (χ0) is 15.9. The summed E-state index contributed by atoms with van der Waals surface area (Å²) in [6.45, 7) is 7.91. The topological polar surface area (TPSA) is 46.4 Å². The molecule has 0 unspecified atom stereocenters. The monoisotopic (exact) mass is 293 g/mol. The van der Waals surface area contributed by atoms with Gasteiger partial charge < -0.3 is 5.32 Å². The number of carbonyl (C=O) groups is 1. The van der Waals surface area contributed by atoms with Gasteiger partial charge >= 0.3 is 0 Å². The molecule has 0 aliphatic rings. The van der Waals surface area contributed by atoms with Gasteiger partial charge in [-0.2, -0.15) is 0 Å². The Bertz CT molecular complexity index is 877. The molecule has 0 radical (unpaired) electrons. The smallest absolute Gasteiger partial charge is 0.274 e. The van der Waals surface area contributed by atoms with Crippen LogP contribution >= 0.6 is 0 Å². The lowest BCUT2D eigenvalue weighted by Crippen LogP contribution is -2.16. The maximum Gasteiger partial charge on any atom is 0.274 e. The van der Waals surface area contributed by atoms with Crippen molar-refractivity contribution in [2.75, 3.05) is 5.32 Å². The molecule has 0 saturated heterocycles. The van der Waals surface area contributed by atoms with Crippen LogP contribution in [0.2, 0.25) is 0 Å². The maximum atomic E-state index is 12.7. The predicted octanol–water partition coefficient (Wildman–Crippen LogP) is 3.82. The van der Waals surface area contributed by atoms with Crippen LogP contribution in [0.1, 0.15) is 32.9 Å². The number of hydrogen-bond acceptors (Lipinski definition) is 2. The largest absolute Gasteiger partial charge is 0.320 e. The Hall–Kier alpha value is -2.62. The van der Waals surface area contributed by atoms with E-state index in [1.54, 1.807) is 0 Å². The van der Waals surface area contributed by atoms with Crippen LogP contribution in [0.3, 0.4) is 0 Å². The van der Waals surface area contributed by atoms with Crippen LogP contribution in [-0.4, -0.2) is 15.3 Å². The molecule has 0 aliphatic heterocycles. The van der Waals surface area contributed by atoms with E-state index >= 15 is 0 Å². The van der Waals surface area contributed by atoms with E-state index in [1.807, 2.05) is 68.6 Å². The van der Waals surface area contributed by atoms with Crippen molar-refractivity contribution < 1.29 is 4.79 Å². The second-order valence-corrected chi connectivity index (χ2v) is 5.68. The van der Waals surface area contributed by atoms with Gasteiger partial charge in [0.1, 0.15) is 11.3 Å². The van der Waals surface area contributed by atoms with Crippen LogP contribution in [0.4, 0.5) is 5.69 Å². The zero-order valence-corrected chi connectivity index (χ0v) is 13.3. The number of imidazole rings is 1. The molecule has 2 heterocycles. The maximum absolute atomic E-state index is 12.7. The Kier molecular flexibility index (Phi) is 3.45. The molecule has 4 heteroatoms. The summed E-state index contributed by atoms with van der Waals surface area (Å²) in [5.74, 6) is -0.135. The van der Waals surface area contributed by atoms with Crippen molar-refractivity contribution in [3.05, 3.63) is 64.6 Å². The van der Waals surface area contributed by atoms with Gasteiger partial charge in [0.2, 0.25) is 0 Å². The summed E-state index contributed by atoms with van der Waals surface area (Å²) in [7, 11) is 0. The van der Waals surface area contributed by atoms with Gasteiger partial charge in [-0.15, -0.1) is 0 Å². The van der Waals surface area contributed by atoms with Gasteiger partial charge in [-0.05, 0) is 56.5 Å². The number of hydrogen-bond donors (Lipinski definition) is 1. The van der Waals surface area contributed by atoms with E-state index < -0.39 is 0 Å². The first-order valence-corrected chi connectivity index (χ1v) is 7.30. The van der Waals surface area contributed by atoms with Crippen molar-refractivity contribution in [1.82, 2.24) is 9.38 Å². The van der Waals surface area contributed by atoms with E-state index in [2.05, 4.69) is 10.3 Å². The second kappa shape index (κ2) is 5.30. The molecule has 0 bridgehead atoms. The fraction of sp³-hybridized carbons (Fsp3) is 0.222. The highest BCUT2D eigenvalue weighted by Gasteiger charge is 2.17. The van der Waals surface area contributed by atoms with Gasteiger partial charge in [0.05, 0.1) is 5.69 Å². The van der Waals surface area contributed by atoms with E-state index in [0.717, 1.165) is 33.7 Å². The van der Waals surface area contributed by atoms with Gasteiger partial charge in [-0.1, -0.05) is 18.2 Å². The van der Waals surface area contributed by atoms with Gasteiger partial charge in [-0.3, -0.25) is 9.20 Å². The molecule has 2 aromatic heterocycles. The van der Waals surface area contributed by atoms with E-state index in [4.69, 9.17) is 0 Å². The molecule has 0 aliphatic carbocycles. The van der Waals surface area contributed by atoms with Crippen molar-refractivity contribution in [1.29, 1.82) is 0 Å². The highest BCUT2D eigenvalue weighted by Crippen LogP contribution is 2.20. The molecule has 0 fully saturated rings. The average molecular weight is 293 g/mol. The fourth-order valence-corrected chi connectivity index (χ4v) is 2.61. The Morgan fingerprint density at radius 2 is 1.86 bits per heavy atom. The molecule has 3 aromatic rings. The van der Waals surface area contributed by atoms with Crippen LogP contribution in [0.25, 0.3) is 5.65 Å². The number of aryl methyl sites for hydroxylation is 3. The van der Waals surface area contributed by atoms with Gasteiger partial charge in [0.15, 0.2) is 0 Å². The number of nitrogens with one attached hydrogen (secondary N) is 1. The molecular formula is C18H19N3O. The third-order valence-corrected chi connectivity index (χ3v) is 4.01. The number of fused-ring (bicyclic) bond motifs is 1. The van der Waals surface area contributed by atoms with Crippen LogP contribution in [0, 0.1) is 27.7 Å². The SMILES string of the molecule is Cc1ccc2nc(C)c(C(=O)Nc3cccc(C)c3C)n2c1. The van der Waals surface area contributed by atoms with E-state index in [9.17, 15) is 4.79 Å². The van der Waals surface area contributed by atoms with Crippen molar-refractivity contribution >= 4 is 17.2 Å². The summed E-state index contributed by atoms with van der Waals surface area (Å²) in [5.41, 5.74) is 6.27. The molecule has 0 atom stereocenters. The molecule has 112 valence electrons. The van der Waals surface area contributed by atoms with Crippen molar-refractivity contribution in [3.63, 3.8) is 0 Å². The van der Waals surface area contributed by atoms with Crippen LogP contribution in [-0.2, 0) is 0 Å². The zero-order valence-electron chi connectivity index (χ0n) is 13.3. The number of aromatic nitrogens is 2. The van der Waals surface area contributed by atoms with Gasteiger partial charge in [0.25, 0.3) is 5.91 Å². The van der Waals surface area contributed by atoms with Crippen LogP contribution < -0.4 is 5.32 Å². The van der Waals surface area contributed by atoms with Crippen LogP contribution in [0.5, 0.6) is 0 Å². The fourth-order valence-electron chi connectivity index (χ4n) is 2.61. The molecule has 22 heavy (non-hydrogen) atoms. The van der Waals surface area contributed by atoms with Crippen LogP contribution in [0.15, 0.2) is 36.5 Å². The summed E-state index contributed by atoms with van der Waals surface area (Å²) < 4.78 is 1.85. The van der Waals surface area contributed by atoms with E-state index in [-0.39, 0.29) is 5.91 Å². The molecule has 1 aromatic carbocycles. The summed E-state index contributed by atoms with van der Waals surface area (Å²) in [6, 6.07) is 9.83. The minimum absolute atomic E-state index is 0.135. The first-order chi connectivity index (χ1) is 10.5. The van der Waals surface area contributed by atoms with Crippen molar-refractivity contribution in [2.24, 2.45) is 0 Å². The summed E-state index contributed by atoms with van der Waals surface area (Å²) in [6.07, 6.45) is 1.94. The lowest BCUT2D eigenvalue weighted by molar-refractivity contribution is 0.102. The first-order valence-electron chi connectivity index (χ1n) is 7.30. The van der Waals surface area contributed by atoms with Gasteiger partial charge in [0, 0.05) is 11.9 Å². The van der Waals surface area contributed by atoms with E-state index in [1.165, 1.54) is 0 Å². The minimum atomic E-state index is -0.135. The quantitative estimate of drug-likeness (QED) is 0.780. The normalized spacial score (nSPS) is 10.9. The summed E-state index contributed by atoms with van der Waals surface area (Å²) >= 11 is 0. The van der Waals surface area contributed by atoms with E-state index in [0.29, 0.717) is 5.69 Å². The number of anilines is 1. The number of benzene rings is 1. The number of nitrogens with zero attached hydrogens (tertiary/aromatic N) is 2. The lowest BCUT2D eigenvalue weighted by atomic mass is 10.1. The highest BCUT2D eigenvalue weighted by molar-refractivity contribution is 6.04. The Morgan fingerprint density at radius 1 is 1.09 bits per heavy atom. The standard InChI is InChI=1S/C18H19N3O/c1-11-8-9-16-19-14(4)17(21(16)10-11)18(22)20-15-7-5-6-12(2)13(15)3/h5-10H,1-4H3,(H,20,22). The molecule has 4 nitrogen and oxygen atoms in total. The minimum Gasteiger partial charge on any atom is -0.320 e.